The largest absolute Gasteiger partial charge is 0.457 e. The maximum Gasteiger partial charge on any atom is 0.313 e. The summed E-state index contributed by atoms with van der Waals surface area (Å²) in [6.07, 6.45) is -1.80. The lowest BCUT2D eigenvalue weighted by Gasteiger charge is -2.30. The van der Waals surface area contributed by atoms with E-state index in [0.717, 1.165) is 5.39 Å². The highest BCUT2D eigenvalue weighted by Crippen LogP contribution is 2.42. The Labute approximate surface area is 125 Å². The molecule has 0 amide bonds. The van der Waals surface area contributed by atoms with E-state index in [1.165, 1.54) is 6.07 Å². The van der Waals surface area contributed by atoms with Crippen LogP contribution in [0.4, 0.5) is 8.78 Å². The number of Topliss-reactive ketones (excluding diaryl/α,β-unsaturated/α-hetero) is 1. The average Bonchev–Trinajstić information content (AvgIpc) is 2.50. The molecule has 0 aliphatic heterocycles. The summed E-state index contributed by atoms with van der Waals surface area (Å²) in [5.74, 6) is -5.29. The fraction of sp³-hybridized carbons (Fsp3) is 0.294. The van der Waals surface area contributed by atoms with E-state index in [1.807, 2.05) is 12.1 Å². The molecule has 0 saturated carbocycles. The number of carbonyl (C=O) groups is 2. The normalized spacial score (nSPS) is 19.8. The van der Waals surface area contributed by atoms with Crippen LogP contribution >= 0.6 is 0 Å². The number of hydrogen-bond acceptors (Lipinski definition) is 3. The Morgan fingerprint density at radius 2 is 1.91 bits per heavy atom. The lowest BCUT2D eigenvalue weighted by Crippen LogP contribution is -2.37. The molecule has 1 atom stereocenters. The Kier molecular flexibility index (Phi) is 3.43. The quantitative estimate of drug-likeness (QED) is 0.786. The Bertz CT molecular complexity index is 768. The smallest absolute Gasteiger partial charge is 0.313 e. The Hall–Kier alpha value is -2.30. The number of ketones is 1. The first-order chi connectivity index (χ1) is 10.4. The molecule has 114 valence electrons. The van der Waals surface area contributed by atoms with Gasteiger partial charge in [0.2, 0.25) is 5.78 Å². The monoisotopic (exact) mass is 304 g/mol. The lowest BCUT2D eigenvalue weighted by atomic mass is 9.84. The van der Waals surface area contributed by atoms with Crippen LogP contribution in [0.25, 0.3) is 10.8 Å². The second-order valence-electron chi connectivity index (χ2n) is 5.36. The van der Waals surface area contributed by atoms with Gasteiger partial charge >= 0.3 is 11.9 Å². The first kappa shape index (κ1) is 14.6. The zero-order valence-corrected chi connectivity index (χ0v) is 11.9. The molecule has 0 fully saturated rings. The number of halogens is 2. The predicted molar refractivity (Wildman–Crippen MR) is 77.0 cm³/mol. The number of alkyl halides is 2. The van der Waals surface area contributed by atoms with Gasteiger partial charge < -0.3 is 4.74 Å². The van der Waals surface area contributed by atoms with Crippen LogP contribution in [-0.2, 0) is 9.53 Å². The van der Waals surface area contributed by atoms with Crippen LogP contribution in [0, 0.1) is 0 Å². The van der Waals surface area contributed by atoms with Gasteiger partial charge in [-0.1, -0.05) is 31.2 Å². The van der Waals surface area contributed by atoms with Gasteiger partial charge in [0.05, 0.1) is 6.42 Å². The van der Waals surface area contributed by atoms with Crippen LogP contribution in [-0.4, -0.2) is 17.7 Å². The number of esters is 1. The molecule has 0 saturated heterocycles. The van der Waals surface area contributed by atoms with Crippen molar-refractivity contribution < 1.29 is 23.1 Å². The molecule has 22 heavy (non-hydrogen) atoms. The van der Waals surface area contributed by atoms with Gasteiger partial charge in [-0.25, -0.2) is 0 Å². The van der Waals surface area contributed by atoms with Crippen LogP contribution in [0.15, 0.2) is 36.4 Å². The highest BCUT2D eigenvalue weighted by molar-refractivity contribution is 6.06. The van der Waals surface area contributed by atoms with E-state index in [1.54, 1.807) is 25.1 Å². The van der Waals surface area contributed by atoms with E-state index in [0.29, 0.717) is 10.9 Å². The van der Waals surface area contributed by atoms with Crippen molar-refractivity contribution in [3.63, 3.8) is 0 Å². The molecule has 0 heterocycles. The zero-order valence-electron chi connectivity index (χ0n) is 11.9. The standard InChI is InChI=1S/C17H14F2O3/c1-2-15(20)22-14-9-17(18,19)16(21)13-8-11-6-4-3-5-10(11)7-12(13)14/h3-8,14H,2,9H2,1H3. The molecule has 5 heteroatoms. The fourth-order valence-corrected chi connectivity index (χ4v) is 2.70. The molecule has 0 N–H and O–H groups in total. The third-order valence-electron chi connectivity index (χ3n) is 3.85. The molecule has 0 bridgehead atoms. The highest BCUT2D eigenvalue weighted by Gasteiger charge is 2.48. The van der Waals surface area contributed by atoms with Crippen LogP contribution in [0.1, 0.15) is 41.8 Å². The Balaban J connectivity index is 2.17. The second-order valence-corrected chi connectivity index (χ2v) is 5.36. The number of rotatable bonds is 2. The SMILES string of the molecule is CCC(=O)OC1CC(F)(F)C(=O)c2cc3ccccc3cc21. The van der Waals surface area contributed by atoms with Crippen molar-refractivity contribution in [1.82, 2.24) is 0 Å². The summed E-state index contributed by atoms with van der Waals surface area (Å²) in [4.78, 5) is 23.5. The second kappa shape index (κ2) is 5.16. The molecule has 1 unspecified atom stereocenters. The number of hydrogen-bond donors (Lipinski definition) is 0. The third-order valence-corrected chi connectivity index (χ3v) is 3.85. The minimum absolute atomic E-state index is 0.0659. The van der Waals surface area contributed by atoms with Gasteiger partial charge in [-0.15, -0.1) is 0 Å². The summed E-state index contributed by atoms with van der Waals surface area (Å²) in [5.41, 5.74) is 0.292. The molecule has 0 spiro atoms. The number of ether oxygens (including phenoxy) is 1. The highest BCUT2D eigenvalue weighted by atomic mass is 19.3. The summed E-state index contributed by atoms with van der Waals surface area (Å²) >= 11 is 0. The van der Waals surface area contributed by atoms with Gasteiger partial charge in [0.1, 0.15) is 6.10 Å². The van der Waals surface area contributed by atoms with E-state index in [2.05, 4.69) is 0 Å². The van der Waals surface area contributed by atoms with Crippen molar-refractivity contribution in [2.75, 3.05) is 0 Å². The van der Waals surface area contributed by atoms with E-state index in [4.69, 9.17) is 4.74 Å². The fourth-order valence-electron chi connectivity index (χ4n) is 2.70. The molecule has 2 aromatic rings. The number of fused-ring (bicyclic) bond motifs is 2. The first-order valence-electron chi connectivity index (χ1n) is 7.07. The first-order valence-corrected chi connectivity index (χ1v) is 7.07. The molecule has 0 radical (unpaired) electrons. The summed E-state index contributed by atoms with van der Waals surface area (Å²) in [6.45, 7) is 1.59. The molecular formula is C17H14F2O3. The van der Waals surface area contributed by atoms with Crippen molar-refractivity contribution in [1.29, 1.82) is 0 Å². The molecule has 2 aromatic carbocycles. The zero-order chi connectivity index (χ0) is 15.9. The van der Waals surface area contributed by atoms with Gasteiger partial charge in [-0.3, -0.25) is 9.59 Å². The Morgan fingerprint density at radius 3 is 2.55 bits per heavy atom. The van der Waals surface area contributed by atoms with E-state index >= 15 is 0 Å². The maximum absolute atomic E-state index is 13.9. The summed E-state index contributed by atoms with van der Waals surface area (Å²) in [5, 5.41) is 1.52. The minimum atomic E-state index is -3.52. The third kappa shape index (κ3) is 2.36. The predicted octanol–water partition coefficient (Wildman–Crippen LogP) is 4.06. The summed E-state index contributed by atoms with van der Waals surface area (Å²) in [7, 11) is 0. The van der Waals surface area contributed by atoms with Gasteiger partial charge in [-0.2, -0.15) is 8.78 Å². The van der Waals surface area contributed by atoms with E-state index in [9.17, 15) is 18.4 Å². The number of benzene rings is 2. The summed E-state index contributed by atoms with van der Waals surface area (Å²) < 4.78 is 33.0. The minimum Gasteiger partial charge on any atom is -0.457 e. The van der Waals surface area contributed by atoms with E-state index < -0.39 is 30.2 Å². The topological polar surface area (TPSA) is 43.4 Å². The van der Waals surface area contributed by atoms with Crippen LogP contribution in [0.5, 0.6) is 0 Å². The number of carbonyl (C=O) groups excluding carboxylic acids is 2. The van der Waals surface area contributed by atoms with Crippen molar-refractivity contribution in [3.05, 3.63) is 47.5 Å². The molecule has 1 aliphatic carbocycles. The van der Waals surface area contributed by atoms with Crippen LogP contribution < -0.4 is 0 Å². The maximum atomic E-state index is 13.9. The van der Waals surface area contributed by atoms with Crippen LogP contribution in [0.2, 0.25) is 0 Å². The van der Waals surface area contributed by atoms with Gasteiger partial charge in [0.15, 0.2) is 0 Å². The molecule has 3 nitrogen and oxygen atoms in total. The van der Waals surface area contributed by atoms with Gasteiger partial charge in [-0.05, 0) is 22.9 Å². The van der Waals surface area contributed by atoms with Gasteiger partial charge in [0.25, 0.3) is 0 Å². The molecular weight excluding hydrogens is 290 g/mol. The molecule has 1 aliphatic rings. The molecule has 0 aromatic heterocycles. The molecule has 3 rings (SSSR count). The van der Waals surface area contributed by atoms with Gasteiger partial charge in [0, 0.05) is 17.5 Å². The van der Waals surface area contributed by atoms with Crippen molar-refractivity contribution in [2.45, 2.75) is 31.8 Å². The summed E-state index contributed by atoms with van der Waals surface area (Å²) in [6, 6.07) is 10.3. The van der Waals surface area contributed by atoms with Crippen molar-refractivity contribution >= 4 is 22.5 Å². The average molecular weight is 304 g/mol. The van der Waals surface area contributed by atoms with Crippen LogP contribution in [0.3, 0.4) is 0 Å². The van der Waals surface area contributed by atoms with Crippen molar-refractivity contribution in [2.24, 2.45) is 0 Å². The van der Waals surface area contributed by atoms with E-state index in [-0.39, 0.29) is 12.0 Å². The lowest BCUT2D eigenvalue weighted by molar-refractivity contribution is -0.153. The Morgan fingerprint density at radius 1 is 1.27 bits per heavy atom. The van der Waals surface area contributed by atoms with Crippen molar-refractivity contribution in [3.8, 4) is 0 Å².